The molecule has 1 atom stereocenters. The van der Waals surface area contributed by atoms with E-state index in [2.05, 4.69) is 20.7 Å². The first-order chi connectivity index (χ1) is 17.1. The third-order valence-electron chi connectivity index (χ3n) is 5.21. The predicted octanol–water partition coefficient (Wildman–Crippen LogP) is 4.54. The van der Waals surface area contributed by atoms with Crippen LogP contribution in [0.15, 0.2) is 66.0 Å². The molecule has 2 aromatic carbocycles. The first kappa shape index (κ1) is 25.2. The molecule has 0 aliphatic heterocycles. The normalized spacial score (nSPS) is 12.2. The first-order valence-electron chi connectivity index (χ1n) is 11.4. The van der Waals surface area contributed by atoms with Crippen molar-refractivity contribution in [3.05, 3.63) is 82.3 Å². The van der Waals surface area contributed by atoms with Crippen molar-refractivity contribution in [2.24, 2.45) is 0 Å². The van der Waals surface area contributed by atoms with Gasteiger partial charge >= 0.3 is 0 Å². The molecule has 1 N–H and O–H groups in total. The van der Waals surface area contributed by atoms with Crippen molar-refractivity contribution in [3.63, 3.8) is 0 Å². The largest absolute Gasteiger partial charge is 0.349 e. The molecule has 36 heavy (non-hydrogen) atoms. The number of aromatic nitrogens is 4. The van der Waals surface area contributed by atoms with Crippen LogP contribution in [0.25, 0.3) is 11.4 Å². The maximum atomic E-state index is 14.2. The number of hydrogen-bond donors (Lipinski definition) is 1. The van der Waals surface area contributed by atoms with Crippen molar-refractivity contribution >= 4 is 28.8 Å². The topological polar surface area (TPSA) is 93.0 Å². The van der Waals surface area contributed by atoms with Crippen LogP contribution in [0.1, 0.15) is 37.3 Å². The summed E-state index contributed by atoms with van der Waals surface area (Å²) < 4.78 is 14.2. The molecule has 0 bridgehead atoms. The van der Waals surface area contributed by atoms with Gasteiger partial charge < -0.3 is 5.32 Å². The number of amides is 2. The van der Waals surface area contributed by atoms with E-state index in [1.807, 2.05) is 57.3 Å². The zero-order valence-electron chi connectivity index (χ0n) is 20.5. The number of nitrogens with zero attached hydrogens (tertiary/aromatic N) is 5. The van der Waals surface area contributed by atoms with Crippen molar-refractivity contribution < 1.29 is 14.0 Å². The number of aryl methyl sites for hydroxylation is 1. The van der Waals surface area contributed by atoms with Crippen molar-refractivity contribution in [1.82, 2.24) is 25.5 Å². The lowest BCUT2D eigenvalue weighted by molar-refractivity contribution is -0.128. The molecule has 0 aliphatic rings. The minimum absolute atomic E-state index is 0.251. The number of carbonyl (C=O) groups excluding carboxylic acids is 2. The number of nitrogens with one attached hydrogen (secondary N) is 1. The Hall–Kier alpha value is -3.92. The highest BCUT2D eigenvalue weighted by molar-refractivity contribution is 7.10. The second-order valence-corrected chi connectivity index (χ2v) is 10.4. The van der Waals surface area contributed by atoms with E-state index < -0.39 is 23.3 Å². The molecule has 2 heterocycles. The number of halogens is 1. The Morgan fingerprint density at radius 2 is 1.86 bits per heavy atom. The summed E-state index contributed by atoms with van der Waals surface area (Å²) in [7, 11) is 0. The van der Waals surface area contributed by atoms with Gasteiger partial charge in [-0.1, -0.05) is 42.0 Å². The number of carbonyl (C=O) groups is 2. The minimum atomic E-state index is -1.02. The summed E-state index contributed by atoms with van der Waals surface area (Å²) in [5.74, 6) is -1.02. The lowest BCUT2D eigenvalue weighted by Gasteiger charge is -2.33. The van der Waals surface area contributed by atoms with Gasteiger partial charge in [-0.3, -0.25) is 14.5 Å². The molecule has 8 nitrogen and oxygen atoms in total. The maximum Gasteiger partial charge on any atom is 0.251 e. The fraction of sp³-hybridized carbons (Fsp3) is 0.269. The molecule has 0 saturated carbocycles. The Bertz CT molecular complexity index is 1350. The summed E-state index contributed by atoms with van der Waals surface area (Å²) in [4.78, 5) is 30.3. The number of tetrazole rings is 1. The molecular weight excluding hydrogens is 479 g/mol. The smallest absolute Gasteiger partial charge is 0.251 e. The monoisotopic (exact) mass is 506 g/mol. The predicted molar refractivity (Wildman–Crippen MR) is 137 cm³/mol. The SMILES string of the molecule is Cc1ccc(-c2nnn(CC(=O)N(c3cccc(F)c3)[C@H](C(=O)NC(C)(C)C)c3cccs3)n2)cc1. The summed E-state index contributed by atoms with van der Waals surface area (Å²) in [6, 6.07) is 15.8. The minimum Gasteiger partial charge on any atom is -0.349 e. The second kappa shape index (κ2) is 10.4. The van der Waals surface area contributed by atoms with E-state index >= 15 is 0 Å². The summed E-state index contributed by atoms with van der Waals surface area (Å²) in [5.41, 5.74) is 1.57. The van der Waals surface area contributed by atoms with Gasteiger partial charge in [0.15, 0.2) is 0 Å². The number of rotatable bonds is 7. The highest BCUT2D eigenvalue weighted by atomic mass is 32.1. The zero-order chi connectivity index (χ0) is 25.9. The quantitative estimate of drug-likeness (QED) is 0.397. The van der Waals surface area contributed by atoms with Crippen LogP contribution < -0.4 is 10.2 Å². The van der Waals surface area contributed by atoms with Gasteiger partial charge in [-0.2, -0.15) is 4.80 Å². The number of anilines is 1. The van der Waals surface area contributed by atoms with Crippen LogP contribution in [0.5, 0.6) is 0 Å². The maximum absolute atomic E-state index is 14.2. The van der Waals surface area contributed by atoms with Crippen molar-refractivity contribution in [3.8, 4) is 11.4 Å². The van der Waals surface area contributed by atoms with E-state index in [9.17, 15) is 14.0 Å². The van der Waals surface area contributed by atoms with Crippen LogP contribution in [0.3, 0.4) is 0 Å². The van der Waals surface area contributed by atoms with Crippen LogP contribution >= 0.6 is 11.3 Å². The van der Waals surface area contributed by atoms with Crippen LogP contribution in [-0.2, 0) is 16.1 Å². The summed E-state index contributed by atoms with van der Waals surface area (Å²) >= 11 is 1.34. The average molecular weight is 507 g/mol. The molecule has 2 aromatic heterocycles. The van der Waals surface area contributed by atoms with E-state index in [-0.39, 0.29) is 18.1 Å². The van der Waals surface area contributed by atoms with Gasteiger partial charge in [-0.15, -0.1) is 21.5 Å². The Balaban J connectivity index is 1.70. The molecule has 0 unspecified atom stereocenters. The van der Waals surface area contributed by atoms with Crippen LogP contribution in [-0.4, -0.2) is 37.6 Å². The van der Waals surface area contributed by atoms with Gasteiger partial charge in [0.25, 0.3) is 5.91 Å². The number of benzene rings is 2. The molecule has 186 valence electrons. The molecular formula is C26H27FN6O2S. The standard InChI is InChI=1S/C26H27FN6O2S/c1-17-10-12-18(13-11-17)24-29-31-32(30-24)16-22(34)33(20-8-5-7-19(27)15-20)23(21-9-6-14-36-21)25(35)28-26(2,3)4/h5-15,23H,16H2,1-4H3,(H,28,35)/t23-/m0/s1. The van der Waals surface area contributed by atoms with E-state index in [0.717, 1.165) is 11.1 Å². The summed E-state index contributed by atoms with van der Waals surface area (Å²) in [6.45, 7) is 7.26. The molecule has 4 aromatic rings. The van der Waals surface area contributed by atoms with Crippen LogP contribution in [0.4, 0.5) is 10.1 Å². The van der Waals surface area contributed by atoms with E-state index in [1.165, 1.54) is 39.2 Å². The first-order valence-corrected chi connectivity index (χ1v) is 12.3. The summed E-state index contributed by atoms with van der Waals surface area (Å²) in [6.07, 6.45) is 0. The molecule has 0 saturated heterocycles. The molecule has 0 spiro atoms. The summed E-state index contributed by atoms with van der Waals surface area (Å²) in [5, 5.41) is 17.2. The van der Waals surface area contributed by atoms with Crippen molar-refractivity contribution in [1.29, 1.82) is 0 Å². The van der Waals surface area contributed by atoms with Crippen LogP contribution in [0.2, 0.25) is 0 Å². The molecule has 0 aliphatic carbocycles. The number of thiophene rings is 1. The fourth-order valence-electron chi connectivity index (χ4n) is 3.65. The van der Waals surface area contributed by atoms with Crippen molar-refractivity contribution in [2.45, 2.75) is 45.8 Å². The fourth-order valence-corrected chi connectivity index (χ4v) is 4.46. The third kappa shape index (κ3) is 6.01. The number of hydrogen-bond acceptors (Lipinski definition) is 6. The van der Waals surface area contributed by atoms with Gasteiger partial charge in [0, 0.05) is 21.7 Å². The highest BCUT2D eigenvalue weighted by Gasteiger charge is 2.35. The molecule has 0 radical (unpaired) electrons. The van der Waals surface area contributed by atoms with Gasteiger partial charge in [0.05, 0.1) is 0 Å². The van der Waals surface area contributed by atoms with Crippen LogP contribution in [0, 0.1) is 12.7 Å². The van der Waals surface area contributed by atoms with Crippen molar-refractivity contribution in [2.75, 3.05) is 4.90 Å². The van der Waals surface area contributed by atoms with E-state index in [1.54, 1.807) is 18.2 Å². The lowest BCUT2D eigenvalue weighted by atomic mass is 10.1. The van der Waals surface area contributed by atoms with Gasteiger partial charge in [0.2, 0.25) is 11.7 Å². The Labute approximate surface area is 212 Å². The molecule has 4 rings (SSSR count). The van der Waals surface area contributed by atoms with E-state index in [4.69, 9.17) is 0 Å². The van der Waals surface area contributed by atoms with E-state index in [0.29, 0.717) is 10.7 Å². The molecule has 10 heteroatoms. The average Bonchev–Trinajstić information content (AvgIpc) is 3.49. The van der Waals surface area contributed by atoms with Gasteiger partial charge in [0.1, 0.15) is 18.4 Å². The second-order valence-electron chi connectivity index (χ2n) is 9.41. The zero-order valence-corrected chi connectivity index (χ0v) is 21.3. The Kier molecular flexibility index (Phi) is 7.25. The Morgan fingerprint density at radius 1 is 1.11 bits per heavy atom. The highest BCUT2D eigenvalue weighted by Crippen LogP contribution is 2.32. The van der Waals surface area contributed by atoms with Gasteiger partial charge in [-0.05, 0) is 62.6 Å². The molecule has 0 fully saturated rings. The Morgan fingerprint density at radius 3 is 2.50 bits per heavy atom. The van der Waals surface area contributed by atoms with Gasteiger partial charge in [-0.25, -0.2) is 4.39 Å². The molecule has 2 amide bonds. The lowest BCUT2D eigenvalue weighted by Crippen LogP contribution is -2.50. The third-order valence-corrected chi connectivity index (χ3v) is 6.14.